The zero-order valence-corrected chi connectivity index (χ0v) is 15.9. The van der Waals surface area contributed by atoms with Gasteiger partial charge in [-0.2, -0.15) is 10.4 Å². The number of para-hydroxylation sites is 1. The normalized spacial score (nSPS) is 14.1. The third-order valence-corrected chi connectivity index (χ3v) is 4.76. The number of aromatic nitrogens is 2. The van der Waals surface area contributed by atoms with E-state index in [9.17, 15) is 10.1 Å². The van der Waals surface area contributed by atoms with Crippen LogP contribution in [0.1, 0.15) is 16.1 Å². The molecular formula is C23H20N4O2. The Balaban J connectivity index is 1.78. The van der Waals surface area contributed by atoms with Crippen molar-refractivity contribution in [1.29, 1.82) is 5.26 Å². The molecule has 29 heavy (non-hydrogen) atoms. The van der Waals surface area contributed by atoms with Crippen LogP contribution in [0.5, 0.6) is 0 Å². The number of ether oxygens (including phenoxy) is 1. The number of carbonyl (C=O) groups is 1. The van der Waals surface area contributed by atoms with Crippen LogP contribution in [0.2, 0.25) is 0 Å². The first-order valence-electron chi connectivity index (χ1n) is 9.46. The number of nitriles is 1. The van der Waals surface area contributed by atoms with Gasteiger partial charge in [0.15, 0.2) is 5.69 Å². The smallest absolute Gasteiger partial charge is 0.208 e. The molecule has 0 spiro atoms. The topological polar surface area (TPSA) is 71.2 Å². The second kappa shape index (κ2) is 8.55. The Morgan fingerprint density at radius 1 is 1.03 bits per heavy atom. The molecule has 1 saturated heterocycles. The summed E-state index contributed by atoms with van der Waals surface area (Å²) < 4.78 is 7.00. The lowest BCUT2D eigenvalue weighted by molar-refractivity contribution is 0.0591. The van der Waals surface area contributed by atoms with Crippen LogP contribution in [-0.2, 0) is 4.74 Å². The van der Waals surface area contributed by atoms with Crippen molar-refractivity contribution < 1.29 is 9.53 Å². The van der Waals surface area contributed by atoms with E-state index >= 15 is 0 Å². The Hall–Kier alpha value is -3.69. The number of hydrogen-bond acceptors (Lipinski definition) is 5. The van der Waals surface area contributed by atoms with Gasteiger partial charge in [-0.3, -0.25) is 4.79 Å². The van der Waals surface area contributed by atoms with E-state index in [1.165, 1.54) is 6.08 Å². The van der Waals surface area contributed by atoms with E-state index in [0.29, 0.717) is 18.9 Å². The van der Waals surface area contributed by atoms with Crippen molar-refractivity contribution in [2.45, 2.75) is 0 Å². The molecule has 4 rings (SSSR count). The second-order valence-corrected chi connectivity index (χ2v) is 6.63. The summed E-state index contributed by atoms with van der Waals surface area (Å²) in [6, 6.07) is 21.3. The van der Waals surface area contributed by atoms with E-state index in [2.05, 4.69) is 11.2 Å². The van der Waals surface area contributed by atoms with Crippen LogP contribution in [0.25, 0.3) is 16.9 Å². The largest absolute Gasteiger partial charge is 0.378 e. The maximum atomic E-state index is 12.9. The van der Waals surface area contributed by atoms with E-state index in [1.54, 1.807) is 10.9 Å². The fraction of sp³-hybridized carbons (Fsp3) is 0.174. The SMILES string of the molecule is N#Cc1c(C(=O)/C=C/N2CCOCC2)nn(-c2ccccc2)c1-c1ccccc1. The predicted octanol–water partition coefficient (Wildman–Crippen LogP) is 3.44. The molecule has 0 unspecified atom stereocenters. The van der Waals surface area contributed by atoms with E-state index < -0.39 is 0 Å². The van der Waals surface area contributed by atoms with Gasteiger partial charge in [-0.25, -0.2) is 4.68 Å². The molecule has 6 heteroatoms. The summed E-state index contributed by atoms with van der Waals surface area (Å²) in [5, 5.41) is 14.4. The molecule has 0 radical (unpaired) electrons. The minimum atomic E-state index is -0.292. The first-order chi connectivity index (χ1) is 14.3. The molecule has 0 amide bonds. The number of rotatable bonds is 5. The summed E-state index contributed by atoms with van der Waals surface area (Å²) in [4.78, 5) is 15.0. The van der Waals surface area contributed by atoms with E-state index in [0.717, 1.165) is 24.3 Å². The third kappa shape index (κ3) is 3.96. The molecular weight excluding hydrogens is 364 g/mol. The van der Waals surface area contributed by atoms with Crippen molar-refractivity contribution in [3.8, 4) is 23.0 Å². The monoisotopic (exact) mass is 384 g/mol. The van der Waals surface area contributed by atoms with Crippen molar-refractivity contribution in [3.63, 3.8) is 0 Å². The van der Waals surface area contributed by atoms with Crippen LogP contribution in [0.15, 0.2) is 72.9 Å². The van der Waals surface area contributed by atoms with Crippen molar-refractivity contribution >= 4 is 5.78 Å². The highest BCUT2D eigenvalue weighted by molar-refractivity contribution is 6.06. The molecule has 2 aromatic carbocycles. The van der Waals surface area contributed by atoms with Gasteiger partial charge in [0.2, 0.25) is 5.78 Å². The van der Waals surface area contributed by atoms with Crippen molar-refractivity contribution in [3.05, 3.63) is 84.2 Å². The first kappa shape index (κ1) is 18.7. The van der Waals surface area contributed by atoms with Crippen LogP contribution in [0, 0.1) is 11.3 Å². The first-order valence-corrected chi connectivity index (χ1v) is 9.46. The number of carbonyl (C=O) groups excluding carboxylic acids is 1. The van der Waals surface area contributed by atoms with Gasteiger partial charge in [0.25, 0.3) is 0 Å². The lowest BCUT2D eigenvalue weighted by atomic mass is 10.0. The molecule has 1 aliphatic rings. The van der Waals surface area contributed by atoms with Crippen LogP contribution in [0.3, 0.4) is 0 Å². The molecule has 0 atom stereocenters. The number of ketones is 1. The van der Waals surface area contributed by atoms with Crippen LogP contribution in [-0.4, -0.2) is 46.8 Å². The van der Waals surface area contributed by atoms with Gasteiger partial charge in [0, 0.05) is 30.9 Å². The molecule has 2 heterocycles. The zero-order valence-electron chi connectivity index (χ0n) is 15.9. The van der Waals surface area contributed by atoms with Crippen molar-refractivity contribution in [2.24, 2.45) is 0 Å². The fourth-order valence-electron chi connectivity index (χ4n) is 3.29. The Kier molecular flexibility index (Phi) is 5.50. The molecule has 0 saturated carbocycles. The predicted molar refractivity (Wildman–Crippen MR) is 110 cm³/mol. The maximum absolute atomic E-state index is 12.9. The molecule has 1 fully saturated rings. The molecule has 1 aromatic heterocycles. The fourth-order valence-corrected chi connectivity index (χ4v) is 3.29. The van der Waals surface area contributed by atoms with Crippen molar-refractivity contribution in [1.82, 2.24) is 14.7 Å². The van der Waals surface area contributed by atoms with Crippen LogP contribution in [0.4, 0.5) is 0 Å². The average Bonchev–Trinajstić information content (AvgIpc) is 3.19. The Morgan fingerprint density at radius 3 is 2.34 bits per heavy atom. The zero-order chi connectivity index (χ0) is 20.1. The third-order valence-electron chi connectivity index (χ3n) is 4.76. The molecule has 0 aliphatic carbocycles. The quantitative estimate of drug-likeness (QED) is 0.498. The van der Waals surface area contributed by atoms with E-state index in [-0.39, 0.29) is 17.0 Å². The Labute approximate surface area is 169 Å². The molecule has 144 valence electrons. The standard InChI is InChI=1S/C23H20N4O2/c24-17-20-22(21(28)11-12-26-13-15-29-16-14-26)25-27(19-9-5-2-6-10-19)23(20)18-7-3-1-4-8-18/h1-12H,13-16H2/b12-11+. The second-order valence-electron chi connectivity index (χ2n) is 6.63. The maximum Gasteiger partial charge on any atom is 0.208 e. The summed E-state index contributed by atoms with van der Waals surface area (Å²) in [6.45, 7) is 2.76. The minimum Gasteiger partial charge on any atom is -0.378 e. The van der Waals surface area contributed by atoms with Gasteiger partial charge >= 0.3 is 0 Å². The van der Waals surface area contributed by atoms with Gasteiger partial charge in [0.1, 0.15) is 11.6 Å². The van der Waals surface area contributed by atoms with Gasteiger partial charge in [-0.15, -0.1) is 0 Å². The summed E-state index contributed by atoms with van der Waals surface area (Å²) in [5.74, 6) is -0.292. The average molecular weight is 384 g/mol. The summed E-state index contributed by atoms with van der Waals surface area (Å²) in [7, 11) is 0. The summed E-state index contributed by atoms with van der Waals surface area (Å²) in [6.07, 6.45) is 3.24. The van der Waals surface area contributed by atoms with Gasteiger partial charge in [-0.05, 0) is 12.1 Å². The highest BCUT2D eigenvalue weighted by Gasteiger charge is 2.24. The lowest BCUT2D eigenvalue weighted by Gasteiger charge is -2.24. The van der Waals surface area contributed by atoms with Gasteiger partial charge < -0.3 is 9.64 Å². The van der Waals surface area contributed by atoms with E-state index in [4.69, 9.17) is 4.74 Å². The Bertz CT molecular complexity index is 1060. The minimum absolute atomic E-state index is 0.153. The van der Waals surface area contributed by atoms with Gasteiger partial charge in [0.05, 0.1) is 24.6 Å². The molecule has 3 aromatic rings. The van der Waals surface area contributed by atoms with E-state index in [1.807, 2.05) is 65.6 Å². The Morgan fingerprint density at radius 2 is 1.69 bits per heavy atom. The summed E-state index contributed by atoms with van der Waals surface area (Å²) in [5.41, 5.74) is 2.66. The summed E-state index contributed by atoms with van der Waals surface area (Å²) >= 11 is 0. The van der Waals surface area contributed by atoms with Crippen LogP contribution < -0.4 is 0 Å². The highest BCUT2D eigenvalue weighted by atomic mass is 16.5. The lowest BCUT2D eigenvalue weighted by Crippen LogP contribution is -2.32. The van der Waals surface area contributed by atoms with Crippen molar-refractivity contribution in [2.75, 3.05) is 26.3 Å². The molecule has 0 bridgehead atoms. The number of benzene rings is 2. The highest BCUT2D eigenvalue weighted by Crippen LogP contribution is 2.29. The molecule has 6 nitrogen and oxygen atoms in total. The number of morpholine rings is 1. The molecule has 0 N–H and O–H groups in total. The number of hydrogen-bond donors (Lipinski definition) is 0. The number of allylic oxidation sites excluding steroid dienone is 1. The molecule has 1 aliphatic heterocycles. The number of nitrogens with zero attached hydrogens (tertiary/aromatic N) is 4. The van der Waals surface area contributed by atoms with Gasteiger partial charge in [-0.1, -0.05) is 48.5 Å². The van der Waals surface area contributed by atoms with Crippen LogP contribution >= 0.6 is 0 Å².